The molecule has 58 heavy (non-hydrogen) atoms. The summed E-state index contributed by atoms with van der Waals surface area (Å²) >= 11 is 0. The van der Waals surface area contributed by atoms with Gasteiger partial charge in [-0.25, -0.2) is 15.0 Å². The lowest BCUT2D eigenvalue weighted by Gasteiger charge is -2.16. The van der Waals surface area contributed by atoms with Crippen LogP contribution < -0.4 is 0 Å². The molecular weight excluding hydrogens is 709 g/mol. The summed E-state index contributed by atoms with van der Waals surface area (Å²) < 4.78 is 9.27. The van der Waals surface area contributed by atoms with Gasteiger partial charge in [-0.05, 0) is 75.1 Å². The summed E-state index contributed by atoms with van der Waals surface area (Å²) in [5.74, 6) is 1.75. The van der Waals surface area contributed by atoms with Crippen molar-refractivity contribution in [3.05, 3.63) is 194 Å². The van der Waals surface area contributed by atoms with E-state index in [1.165, 1.54) is 10.8 Å². The van der Waals surface area contributed by atoms with Crippen LogP contribution in [0, 0.1) is 0 Å². The quantitative estimate of drug-likeness (QED) is 0.176. The maximum Gasteiger partial charge on any atom is 0.166 e. The molecule has 0 unspecified atom stereocenters. The zero-order valence-corrected chi connectivity index (χ0v) is 31.2. The number of rotatable bonds is 5. The SMILES string of the molecule is c1ccc(-c2cccc(-c3nc(-c4ccc5c(oc6ccccc65)c4-n4c5ccccc5c5cc6ccccc6cc54)nc(-c4cccc5ccccc45)n3)c2)cc1. The molecule has 12 rings (SSSR count). The highest BCUT2D eigenvalue weighted by molar-refractivity contribution is 6.16. The molecule has 0 atom stereocenters. The molecule has 0 saturated carbocycles. The van der Waals surface area contributed by atoms with Crippen LogP contribution in [0.4, 0.5) is 0 Å². The number of benzene rings is 9. The van der Waals surface area contributed by atoms with E-state index in [0.29, 0.717) is 17.5 Å². The number of aromatic nitrogens is 4. The second kappa shape index (κ2) is 12.8. The van der Waals surface area contributed by atoms with E-state index in [-0.39, 0.29) is 0 Å². The largest absolute Gasteiger partial charge is 0.454 e. The Balaban J connectivity index is 1.20. The molecule has 0 aliphatic heterocycles. The number of furan rings is 1. The van der Waals surface area contributed by atoms with E-state index >= 15 is 0 Å². The van der Waals surface area contributed by atoms with Crippen LogP contribution in [0.1, 0.15) is 0 Å². The molecule has 0 bridgehead atoms. The monoisotopic (exact) mass is 740 g/mol. The number of nitrogens with zero attached hydrogens (tertiary/aromatic N) is 4. The third-order valence-electron chi connectivity index (χ3n) is 11.4. The van der Waals surface area contributed by atoms with Gasteiger partial charge in [0.05, 0.1) is 11.0 Å². The van der Waals surface area contributed by atoms with Gasteiger partial charge >= 0.3 is 0 Å². The van der Waals surface area contributed by atoms with Crippen LogP contribution in [0.15, 0.2) is 199 Å². The van der Waals surface area contributed by atoms with Crippen LogP contribution in [-0.2, 0) is 0 Å². The van der Waals surface area contributed by atoms with Crippen molar-refractivity contribution >= 4 is 65.3 Å². The van der Waals surface area contributed by atoms with Gasteiger partial charge in [-0.1, -0.05) is 152 Å². The van der Waals surface area contributed by atoms with Crippen LogP contribution in [0.3, 0.4) is 0 Å². The highest BCUT2D eigenvalue weighted by Crippen LogP contribution is 2.43. The molecule has 0 fully saturated rings. The lowest BCUT2D eigenvalue weighted by Crippen LogP contribution is -2.04. The molecule has 0 amide bonds. The first-order chi connectivity index (χ1) is 28.7. The summed E-state index contributed by atoms with van der Waals surface area (Å²) in [6, 6.07) is 67.9. The van der Waals surface area contributed by atoms with Gasteiger partial charge < -0.3 is 8.98 Å². The molecule has 12 aromatic rings. The topological polar surface area (TPSA) is 56.7 Å². The average molecular weight is 741 g/mol. The number of fused-ring (bicyclic) bond motifs is 8. The fourth-order valence-electron chi connectivity index (χ4n) is 8.71. The molecule has 3 aromatic heterocycles. The minimum atomic E-state index is 0.558. The van der Waals surface area contributed by atoms with E-state index in [2.05, 4.69) is 180 Å². The summed E-state index contributed by atoms with van der Waals surface area (Å²) in [6.45, 7) is 0. The van der Waals surface area contributed by atoms with Crippen LogP contribution >= 0.6 is 0 Å². The Morgan fingerprint density at radius 3 is 1.83 bits per heavy atom. The summed E-state index contributed by atoms with van der Waals surface area (Å²) in [7, 11) is 0. The first-order valence-corrected chi connectivity index (χ1v) is 19.5. The minimum absolute atomic E-state index is 0.558. The molecule has 5 nitrogen and oxygen atoms in total. The van der Waals surface area contributed by atoms with Crippen LogP contribution in [0.2, 0.25) is 0 Å². The molecule has 9 aromatic carbocycles. The Morgan fingerprint density at radius 2 is 0.966 bits per heavy atom. The van der Waals surface area contributed by atoms with Crippen molar-refractivity contribution < 1.29 is 4.42 Å². The maximum atomic E-state index is 6.91. The standard InChI is InChI=1S/C53H32N4O/c1-2-14-33(15-3-1)35-20-12-21-38(30-35)51-54-52(43-25-13-19-34-16-6-7-22-39(34)43)56-53(55-51)44-29-28-42-41-24-9-11-27-48(41)58-50(42)49(44)57-46-26-10-8-23-40(46)45-31-36-17-4-5-18-37(36)32-47(45)57/h1-32H. The molecule has 3 heterocycles. The second-order valence-corrected chi connectivity index (χ2v) is 14.8. The molecule has 0 aliphatic carbocycles. The van der Waals surface area contributed by atoms with Gasteiger partial charge in [0, 0.05) is 38.2 Å². The molecule has 5 heteroatoms. The molecule has 0 spiro atoms. The van der Waals surface area contributed by atoms with Gasteiger partial charge in [-0.3, -0.25) is 0 Å². The lowest BCUT2D eigenvalue weighted by molar-refractivity contribution is 0.666. The van der Waals surface area contributed by atoms with Crippen LogP contribution in [0.5, 0.6) is 0 Å². The lowest BCUT2D eigenvalue weighted by atomic mass is 10.0. The third-order valence-corrected chi connectivity index (χ3v) is 11.4. The summed E-state index contributed by atoms with van der Waals surface area (Å²) in [5, 5.41) is 8.97. The van der Waals surface area contributed by atoms with Gasteiger partial charge in [-0.15, -0.1) is 0 Å². The predicted molar refractivity (Wildman–Crippen MR) is 238 cm³/mol. The van der Waals surface area contributed by atoms with Crippen molar-refractivity contribution in [2.75, 3.05) is 0 Å². The Morgan fingerprint density at radius 1 is 0.345 bits per heavy atom. The van der Waals surface area contributed by atoms with E-state index in [0.717, 1.165) is 88.0 Å². The van der Waals surface area contributed by atoms with Gasteiger partial charge in [0.25, 0.3) is 0 Å². The zero-order chi connectivity index (χ0) is 38.2. The number of para-hydroxylation sites is 2. The Hall–Kier alpha value is -7.89. The smallest absolute Gasteiger partial charge is 0.166 e. The second-order valence-electron chi connectivity index (χ2n) is 14.8. The molecule has 0 saturated heterocycles. The minimum Gasteiger partial charge on any atom is -0.454 e. The number of hydrogen-bond donors (Lipinski definition) is 0. The van der Waals surface area contributed by atoms with Gasteiger partial charge in [0.2, 0.25) is 0 Å². The Kier molecular flexibility index (Phi) is 7.16. The van der Waals surface area contributed by atoms with Crippen LogP contribution in [0.25, 0.3) is 116 Å². The fourth-order valence-corrected chi connectivity index (χ4v) is 8.71. The highest BCUT2D eigenvalue weighted by atomic mass is 16.3. The van der Waals surface area contributed by atoms with E-state index in [1.54, 1.807) is 0 Å². The predicted octanol–water partition coefficient (Wildman–Crippen LogP) is 13.8. The van der Waals surface area contributed by atoms with Crippen molar-refractivity contribution in [3.8, 4) is 51.0 Å². The summed E-state index contributed by atoms with van der Waals surface area (Å²) in [5.41, 5.74) is 9.54. The molecule has 0 N–H and O–H groups in total. The zero-order valence-electron chi connectivity index (χ0n) is 31.2. The molecule has 0 aliphatic rings. The summed E-state index contributed by atoms with van der Waals surface area (Å²) in [4.78, 5) is 16.0. The first-order valence-electron chi connectivity index (χ1n) is 19.5. The van der Waals surface area contributed by atoms with Crippen molar-refractivity contribution in [2.45, 2.75) is 0 Å². The average Bonchev–Trinajstić information content (AvgIpc) is 3.83. The van der Waals surface area contributed by atoms with E-state index in [1.807, 2.05) is 18.2 Å². The normalized spacial score (nSPS) is 11.8. The molecular formula is C53H32N4O. The Labute approximate surface area is 333 Å². The molecule has 270 valence electrons. The van der Waals surface area contributed by atoms with Crippen molar-refractivity contribution in [1.82, 2.24) is 19.5 Å². The van der Waals surface area contributed by atoms with Crippen molar-refractivity contribution in [1.29, 1.82) is 0 Å². The van der Waals surface area contributed by atoms with Gasteiger partial charge in [-0.2, -0.15) is 0 Å². The highest BCUT2D eigenvalue weighted by Gasteiger charge is 2.25. The van der Waals surface area contributed by atoms with E-state index in [9.17, 15) is 0 Å². The van der Waals surface area contributed by atoms with Crippen molar-refractivity contribution in [3.63, 3.8) is 0 Å². The number of hydrogen-bond acceptors (Lipinski definition) is 4. The van der Waals surface area contributed by atoms with Crippen LogP contribution in [-0.4, -0.2) is 19.5 Å². The van der Waals surface area contributed by atoms with Gasteiger partial charge in [0.1, 0.15) is 11.3 Å². The maximum absolute atomic E-state index is 6.91. The van der Waals surface area contributed by atoms with E-state index < -0.39 is 0 Å². The summed E-state index contributed by atoms with van der Waals surface area (Å²) in [6.07, 6.45) is 0. The third kappa shape index (κ3) is 5.07. The van der Waals surface area contributed by atoms with Crippen molar-refractivity contribution in [2.24, 2.45) is 0 Å². The van der Waals surface area contributed by atoms with E-state index in [4.69, 9.17) is 19.4 Å². The fraction of sp³-hybridized carbons (Fsp3) is 0. The first kappa shape index (κ1) is 32.4. The molecule has 0 radical (unpaired) electrons. The van der Waals surface area contributed by atoms with Gasteiger partial charge in [0.15, 0.2) is 23.1 Å². The Bertz CT molecular complexity index is 3580.